The number of hydrogen-bond acceptors (Lipinski definition) is 2. The zero-order valence-electron chi connectivity index (χ0n) is 8.51. The summed E-state index contributed by atoms with van der Waals surface area (Å²) in [6.07, 6.45) is -0.510. The van der Waals surface area contributed by atoms with Crippen molar-refractivity contribution in [3.63, 3.8) is 0 Å². The van der Waals surface area contributed by atoms with Gasteiger partial charge >= 0.3 is 0 Å². The lowest BCUT2D eigenvalue weighted by molar-refractivity contribution is -0.124. The van der Waals surface area contributed by atoms with E-state index in [1.807, 2.05) is 18.7 Å². The van der Waals surface area contributed by atoms with Crippen LogP contribution in [0, 0.1) is 0 Å². The number of allylic oxidation sites excluding steroid dienone is 1. The number of carbonyl (C=O) groups excluding carboxylic acids is 1. The molecule has 0 aromatic carbocycles. The van der Waals surface area contributed by atoms with Crippen molar-refractivity contribution < 1.29 is 9.18 Å². The van der Waals surface area contributed by atoms with Crippen LogP contribution in [0.25, 0.3) is 0 Å². The van der Waals surface area contributed by atoms with Crippen LogP contribution in [0.5, 0.6) is 0 Å². The third kappa shape index (κ3) is 1.54. The molecule has 0 bridgehead atoms. The molecule has 0 aliphatic carbocycles. The Labute approximate surface area is 83.0 Å². The Kier molecular flexibility index (Phi) is 2.31. The Hall–Kier alpha value is -0.900. The average molecular weight is 198 g/mol. The van der Waals surface area contributed by atoms with E-state index < -0.39 is 6.17 Å². The Morgan fingerprint density at radius 1 is 1.50 bits per heavy atom. The molecule has 1 saturated heterocycles. The first-order chi connectivity index (χ1) is 6.58. The monoisotopic (exact) mass is 198 g/mol. The van der Waals surface area contributed by atoms with Crippen molar-refractivity contribution in [2.45, 2.75) is 32.5 Å². The third-order valence-electron chi connectivity index (χ3n) is 3.05. The Bertz CT molecular complexity index is 300. The lowest BCUT2D eigenvalue weighted by Gasteiger charge is -2.19. The summed E-state index contributed by atoms with van der Waals surface area (Å²) in [7, 11) is 0. The molecule has 0 unspecified atom stereocenters. The number of rotatable bonds is 0. The molecule has 3 nitrogen and oxygen atoms in total. The van der Waals surface area contributed by atoms with Crippen molar-refractivity contribution in [3.05, 3.63) is 11.3 Å². The maximum atomic E-state index is 13.1. The molecular weight excluding hydrogens is 183 g/mol. The minimum Gasteiger partial charge on any atom is -0.329 e. The van der Waals surface area contributed by atoms with Crippen molar-refractivity contribution in [2.24, 2.45) is 0 Å². The first-order valence-electron chi connectivity index (χ1n) is 4.93. The SMILES string of the molecule is CC1=C(C)NC(=O)[C@@H]2C[C@H](F)CN2C1. The molecule has 1 amide bonds. The highest BCUT2D eigenvalue weighted by Gasteiger charge is 2.38. The van der Waals surface area contributed by atoms with Gasteiger partial charge in [-0.15, -0.1) is 0 Å². The van der Waals surface area contributed by atoms with Gasteiger partial charge in [0.2, 0.25) is 5.91 Å². The summed E-state index contributed by atoms with van der Waals surface area (Å²) < 4.78 is 13.1. The van der Waals surface area contributed by atoms with Crippen molar-refractivity contribution in [2.75, 3.05) is 13.1 Å². The Morgan fingerprint density at radius 2 is 2.21 bits per heavy atom. The van der Waals surface area contributed by atoms with Gasteiger partial charge < -0.3 is 5.32 Å². The van der Waals surface area contributed by atoms with E-state index in [1.165, 1.54) is 0 Å². The van der Waals surface area contributed by atoms with Crippen LogP contribution in [0.2, 0.25) is 0 Å². The molecule has 2 aliphatic heterocycles. The number of hydrogen-bond donors (Lipinski definition) is 1. The van der Waals surface area contributed by atoms with E-state index in [2.05, 4.69) is 5.32 Å². The number of fused-ring (bicyclic) bond motifs is 1. The van der Waals surface area contributed by atoms with Crippen LogP contribution < -0.4 is 5.32 Å². The fourth-order valence-electron chi connectivity index (χ4n) is 2.09. The second kappa shape index (κ2) is 3.35. The number of halogens is 1. The number of alkyl halides is 1. The first kappa shape index (κ1) is 9.65. The van der Waals surface area contributed by atoms with Gasteiger partial charge in [0.1, 0.15) is 6.17 Å². The topological polar surface area (TPSA) is 32.3 Å². The van der Waals surface area contributed by atoms with Gasteiger partial charge in [0, 0.05) is 25.2 Å². The quantitative estimate of drug-likeness (QED) is 0.625. The number of carbonyl (C=O) groups is 1. The van der Waals surface area contributed by atoms with E-state index in [4.69, 9.17) is 0 Å². The molecule has 2 heterocycles. The van der Waals surface area contributed by atoms with Gasteiger partial charge in [0.25, 0.3) is 0 Å². The maximum absolute atomic E-state index is 13.1. The zero-order valence-corrected chi connectivity index (χ0v) is 8.51. The maximum Gasteiger partial charge on any atom is 0.241 e. The highest BCUT2D eigenvalue weighted by atomic mass is 19.1. The van der Waals surface area contributed by atoms with Crippen molar-refractivity contribution in [1.29, 1.82) is 0 Å². The fraction of sp³-hybridized carbons (Fsp3) is 0.700. The molecule has 0 radical (unpaired) electrons. The summed E-state index contributed by atoms with van der Waals surface area (Å²) in [5, 5.41) is 2.82. The molecule has 4 heteroatoms. The van der Waals surface area contributed by atoms with Gasteiger partial charge in [-0.1, -0.05) is 0 Å². The third-order valence-corrected chi connectivity index (χ3v) is 3.05. The molecule has 0 spiro atoms. The highest BCUT2D eigenvalue weighted by Crippen LogP contribution is 2.24. The Morgan fingerprint density at radius 3 is 2.93 bits per heavy atom. The van der Waals surface area contributed by atoms with E-state index in [1.54, 1.807) is 0 Å². The van der Waals surface area contributed by atoms with Crippen LogP contribution in [0.15, 0.2) is 11.3 Å². The van der Waals surface area contributed by atoms with E-state index in [-0.39, 0.29) is 11.9 Å². The van der Waals surface area contributed by atoms with Crippen LogP contribution in [-0.4, -0.2) is 36.1 Å². The second-order valence-electron chi connectivity index (χ2n) is 4.17. The lowest BCUT2D eigenvalue weighted by atomic mass is 10.2. The number of nitrogens with zero attached hydrogens (tertiary/aromatic N) is 1. The van der Waals surface area contributed by atoms with Crippen LogP contribution >= 0.6 is 0 Å². The van der Waals surface area contributed by atoms with Crippen molar-refractivity contribution in [3.8, 4) is 0 Å². The molecule has 0 aromatic heterocycles. The number of amides is 1. The summed E-state index contributed by atoms with van der Waals surface area (Å²) in [4.78, 5) is 13.6. The highest BCUT2D eigenvalue weighted by molar-refractivity contribution is 5.84. The predicted octanol–water partition coefficient (Wildman–Crippen LogP) is 0.823. The summed E-state index contributed by atoms with van der Waals surface area (Å²) in [5.41, 5.74) is 2.04. The van der Waals surface area contributed by atoms with Crippen LogP contribution in [-0.2, 0) is 4.79 Å². The van der Waals surface area contributed by atoms with E-state index >= 15 is 0 Å². The smallest absolute Gasteiger partial charge is 0.241 e. The molecule has 0 aromatic rings. The molecule has 1 N–H and O–H groups in total. The number of nitrogens with one attached hydrogen (secondary N) is 1. The zero-order chi connectivity index (χ0) is 10.3. The Balaban J connectivity index is 2.23. The molecule has 2 atom stereocenters. The van der Waals surface area contributed by atoms with E-state index in [0.29, 0.717) is 19.5 Å². The lowest BCUT2D eigenvalue weighted by Crippen LogP contribution is -2.40. The summed E-state index contributed by atoms with van der Waals surface area (Å²) in [6.45, 7) is 4.96. The molecule has 2 rings (SSSR count). The van der Waals surface area contributed by atoms with Crippen molar-refractivity contribution in [1.82, 2.24) is 10.2 Å². The summed E-state index contributed by atoms with van der Waals surface area (Å²) in [5.74, 6) is -0.0560. The molecule has 0 saturated carbocycles. The minimum absolute atomic E-state index is 0.0560. The molecule has 14 heavy (non-hydrogen) atoms. The van der Waals surface area contributed by atoms with E-state index in [9.17, 15) is 9.18 Å². The van der Waals surface area contributed by atoms with Gasteiger partial charge in [-0.3, -0.25) is 9.69 Å². The summed E-state index contributed by atoms with van der Waals surface area (Å²) >= 11 is 0. The van der Waals surface area contributed by atoms with E-state index in [0.717, 1.165) is 11.3 Å². The molecule has 2 aliphatic rings. The second-order valence-corrected chi connectivity index (χ2v) is 4.17. The standard InChI is InChI=1S/C10H15FN2O/c1-6-4-13-5-8(11)3-9(13)10(14)12-7(6)2/h8-9H,3-5H2,1-2H3,(H,12,14)/t8-,9-/m0/s1. The normalized spacial score (nSPS) is 34.1. The largest absolute Gasteiger partial charge is 0.329 e. The minimum atomic E-state index is -0.850. The van der Waals surface area contributed by atoms with Gasteiger partial charge in [0.15, 0.2) is 0 Å². The van der Waals surface area contributed by atoms with Crippen LogP contribution in [0.3, 0.4) is 0 Å². The predicted molar refractivity (Wildman–Crippen MR) is 51.4 cm³/mol. The van der Waals surface area contributed by atoms with Gasteiger partial charge in [-0.2, -0.15) is 0 Å². The molecule has 1 fully saturated rings. The van der Waals surface area contributed by atoms with Crippen molar-refractivity contribution >= 4 is 5.91 Å². The van der Waals surface area contributed by atoms with Gasteiger partial charge in [0.05, 0.1) is 6.04 Å². The van der Waals surface area contributed by atoms with Gasteiger partial charge in [-0.05, 0) is 19.4 Å². The first-order valence-corrected chi connectivity index (χ1v) is 4.93. The fourth-order valence-corrected chi connectivity index (χ4v) is 2.09. The average Bonchev–Trinajstić information content (AvgIpc) is 2.42. The van der Waals surface area contributed by atoms with Crippen LogP contribution in [0.1, 0.15) is 20.3 Å². The molecular formula is C10H15FN2O. The molecule has 78 valence electrons. The summed E-state index contributed by atoms with van der Waals surface area (Å²) in [6, 6.07) is -0.266. The van der Waals surface area contributed by atoms with Crippen LogP contribution in [0.4, 0.5) is 4.39 Å². The van der Waals surface area contributed by atoms with Gasteiger partial charge in [-0.25, -0.2) is 4.39 Å².